The van der Waals surface area contributed by atoms with E-state index in [9.17, 15) is 4.79 Å². The second kappa shape index (κ2) is 3.18. The predicted molar refractivity (Wildman–Crippen MR) is 48.3 cm³/mol. The molecule has 2 N–H and O–H groups in total. The maximum Gasteiger partial charge on any atom is 0.314 e. The largest absolute Gasteiger partial charge is 0.381 e. The average Bonchev–Trinajstić information content (AvgIpc) is 2.51. The zero-order valence-electron chi connectivity index (χ0n) is 7.79. The van der Waals surface area contributed by atoms with Crippen LogP contribution in [0.2, 0.25) is 0 Å². The van der Waals surface area contributed by atoms with Crippen molar-refractivity contribution in [2.24, 2.45) is 11.1 Å². The Balaban J connectivity index is 1.98. The molecular weight excluding hydrogens is 168 g/mol. The molecule has 2 rings (SSSR count). The van der Waals surface area contributed by atoms with Crippen LogP contribution in [0.5, 0.6) is 0 Å². The summed E-state index contributed by atoms with van der Waals surface area (Å²) in [5.74, 6) is 0. The minimum atomic E-state index is -0.289. The molecule has 0 aliphatic carbocycles. The molecule has 2 amide bonds. The Morgan fingerprint density at radius 1 is 1.46 bits per heavy atom. The summed E-state index contributed by atoms with van der Waals surface area (Å²) in [7, 11) is 0. The minimum absolute atomic E-state index is 0.229. The number of carbonyl (C=O) groups is 1. The highest BCUT2D eigenvalue weighted by molar-refractivity contribution is 5.72. The fourth-order valence-corrected chi connectivity index (χ4v) is 2.36. The van der Waals surface area contributed by atoms with Crippen molar-refractivity contribution in [3.8, 4) is 0 Å². The summed E-state index contributed by atoms with van der Waals surface area (Å²) >= 11 is 0. The van der Waals surface area contributed by atoms with Gasteiger partial charge in [-0.15, -0.1) is 0 Å². The van der Waals surface area contributed by atoms with Gasteiger partial charge in [-0.3, -0.25) is 0 Å². The first-order chi connectivity index (χ1) is 6.22. The zero-order chi connectivity index (χ0) is 9.31. The van der Waals surface area contributed by atoms with E-state index in [2.05, 4.69) is 0 Å². The number of urea groups is 1. The molecule has 0 unspecified atom stereocenters. The molecule has 0 aromatic rings. The standard InChI is InChI=1S/C9H16N2O2/c10-8(12)11-4-3-9(6-11)2-1-5-13-7-9/h1-7H2,(H2,10,12)/t9-/m0/s1. The summed E-state index contributed by atoms with van der Waals surface area (Å²) in [5, 5.41) is 0. The third-order valence-electron chi connectivity index (χ3n) is 3.15. The van der Waals surface area contributed by atoms with Gasteiger partial charge in [0.2, 0.25) is 0 Å². The number of ether oxygens (including phenoxy) is 1. The van der Waals surface area contributed by atoms with E-state index < -0.39 is 0 Å². The predicted octanol–water partition coefficient (Wildman–Crippen LogP) is 0.568. The number of nitrogens with zero attached hydrogens (tertiary/aromatic N) is 1. The number of carbonyl (C=O) groups excluding carboxylic acids is 1. The monoisotopic (exact) mass is 184 g/mol. The molecule has 2 saturated heterocycles. The minimum Gasteiger partial charge on any atom is -0.381 e. The van der Waals surface area contributed by atoms with Crippen molar-refractivity contribution < 1.29 is 9.53 Å². The first kappa shape index (κ1) is 8.81. The van der Waals surface area contributed by atoms with Crippen LogP contribution in [0.15, 0.2) is 0 Å². The van der Waals surface area contributed by atoms with Crippen LogP contribution in [0, 0.1) is 5.41 Å². The van der Waals surface area contributed by atoms with Crippen molar-refractivity contribution in [3.63, 3.8) is 0 Å². The van der Waals surface area contributed by atoms with Crippen LogP contribution in [-0.4, -0.2) is 37.2 Å². The number of hydrogen-bond acceptors (Lipinski definition) is 2. The molecule has 4 heteroatoms. The van der Waals surface area contributed by atoms with E-state index >= 15 is 0 Å². The quantitative estimate of drug-likeness (QED) is 0.598. The number of nitrogens with two attached hydrogens (primary N) is 1. The van der Waals surface area contributed by atoms with Gasteiger partial charge in [-0.05, 0) is 19.3 Å². The Bertz CT molecular complexity index is 212. The lowest BCUT2D eigenvalue weighted by Gasteiger charge is -2.32. The highest BCUT2D eigenvalue weighted by atomic mass is 16.5. The Kier molecular flexibility index (Phi) is 2.15. The van der Waals surface area contributed by atoms with Crippen molar-refractivity contribution in [3.05, 3.63) is 0 Å². The molecule has 1 spiro atoms. The Morgan fingerprint density at radius 2 is 2.31 bits per heavy atom. The molecule has 2 aliphatic rings. The van der Waals surface area contributed by atoms with Crippen LogP contribution in [-0.2, 0) is 4.74 Å². The Labute approximate surface area is 78.0 Å². The van der Waals surface area contributed by atoms with E-state index in [0.717, 1.165) is 39.1 Å². The number of rotatable bonds is 0. The third-order valence-corrected chi connectivity index (χ3v) is 3.15. The first-order valence-corrected chi connectivity index (χ1v) is 4.84. The van der Waals surface area contributed by atoms with E-state index in [1.807, 2.05) is 0 Å². The Morgan fingerprint density at radius 3 is 2.85 bits per heavy atom. The van der Waals surface area contributed by atoms with Gasteiger partial charge >= 0.3 is 6.03 Å². The van der Waals surface area contributed by atoms with Gasteiger partial charge in [0.15, 0.2) is 0 Å². The van der Waals surface area contributed by atoms with Gasteiger partial charge < -0.3 is 15.4 Å². The molecular formula is C9H16N2O2. The van der Waals surface area contributed by atoms with E-state index in [1.54, 1.807) is 4.90 Å². The van der Waals surface area contributed by atoms with Crippen LogP contribution >= 0.6 is 0 Å². The van der Waals surface area contributed by atoms with Gasteiger partial charge in [0.05, 0.1) is 6.61 Å². The Hall–Kier alpha value is -0.770. The molecule has 2 aliphatic heterocycles. The summed E-state index contributed by atoms with van der Waals surface area (Å²) in [6, 6.07) is -0.289. The zero-order valence-corrected chi connectivity index (χ0v) is 7.79. The molecule has 4 nitrogen and oxygen atoms in total. The molecule has 74 valence electrons. The number of amides is 2. The lowest BCUT2D eigenvalue weighted by molar-refractivity contribution is -0.000285. The normalized spacial score (nSPS) is 34.0. The highest BCUT2D eigenvalue weighted by Crippen LogP contribution is 2.37. The van der Waals surface area contributed by atoms with Gasteiger partial charge in [-0.25, -0.2) is 4.79 Å². The molecule has 0 bridgehead atoms. The van der Waals surface area contributed by atoms with Gasteiger partial charge in [0.25, 0.3) is 0 Å². The maximum absolute atomic E-state index is 10.9. The van der Waals surface area contributed by atoms with Gasteiger partial charge in [-0.2, -0.15) is 0 Å². The van der Waals surface area contributed by atoms with E-state index in [-0.39, 0.29) is 11.4 Å². The summed E-state index contributed by atoms with van der Waals surface area (Å²) in [6.45, 7) is 3.27. The third kappa shape index (κ3) is 1.63. The van der Waals surface area contributed by atoms with Crippen LogP contribution < -0.4 is 5.73 Å². The average molecular weight is 184 g/mol. The maximum atomic E-state index is 10.9. The van der Waals surface area contributed by atoms with Crippen molar-refractivity contribution in [2.45, 2.75) is 19.3 Å². The highest BCUT2D eigenvalue weighted by Gasteiger charge is 2.40. The number of likely N-dealkylation sites (tertiary alicyclic amines) is 1. The molecule has 2 fully saturated rings. The van der Waals surface area contributed by atoms with Crippen LogP contribution in [0.4, 0.5) is 4.79 Å². The van der Waals surface area contributed by atoms with E-state index in [1.165, 1.54) is 6.42 Å². The van der Waals surface area contributed by atoms with Gasteiger partial charge in [0.1, 0.15) is 0 Å². The molecule has 0 radical (unpaired) electrons. The molecule has 0 saturated carbocycles. The fourth-order valence-electron chi connectivity index (χ4n) is 2.36. The van der Waals surface area contributed by atoms with Crippen molar-refractivity contribution in [1.29, 1.82) is 0 Å². The summed E-state index contributed by atoms with van der Waals surface area (Å²) in [4.78, 5) is 12.7. The van der Waals surface area contributed by atoms with Crippen LogP contribution in [0.3, 0.4) is 0 Å². The van der Waals surface area contributed by atoms with E-state index in [4.69, 9.17) is 10.5 Å². The lowest BCUT2D eigenvalue weighted by atomic mass is 9.82. The molecule has 2 heterocycles. The van der Waals surface area contributed by atoms with Crippen LogP contribution in [0.25, 0.3) is 0 Å². The summed E-state index contributed by atoms with van der Waals surface area (Å²) in [6.07, 6.45) is 3.35. The van der Waals surface area contributed by atoms with Gasteiger partial charge in [-0.1, -0.05) is 0 Å². The molecule has 0 aromatic carbocycles. The number of primary amides is 1. The van der Waals surface area contributed by atoms with Crippen molar-refractivity contribution in [2.75, 3.05) is 26.3 Å². The topological polar surface area (TPSA) is 55.6 Å². The van der Waals surface area contributed by atoms with Crippen molar-refractivity contribution in [1.82, 2.24) is 4.90 Å². The van der Waals surface area contributed by atoms with Crippen molar-refractivity contribution >= 4 is 6.03 Å². The van der Waals surface area contributed by atoms with E-state index in [0.29, 0.717) is 0 Å². The molecule has 1 atom stereocenters. The first-order valence-electron chi connectivity index (χ1n) is 4.84. The fraction of sp³-hybridized carbons (Fsp3) is 0.889. The molecule has 13 heavy (non-hydrogen) atoms. The number of hydrogen-bond donors (Lipinski definition) is 1. The van der Waals surface area contributed by atoms with Crippen LogP contribution in [0.1, 0.15) is 19.3 Å². The second-order valence-corrected chi connectivity index (χ2v) is 4.17. The molecule has 0 aromatic heterocycles. The van der Waals surface area contributed by atoms with Gasteiger partial charge in [0, 0.05) is 25.1 Å². The summed E-state index contributed by atoms with van der Waals surface area (Å²) < 4.78 is 5.46. The summed E-state index contributed by atoms with van der Waals surface area (Å²) in [5.41, 5.74) is 5.46. The smallest absolute Gasteiger partial charge is 0.314 e. The lowest BCUT2D eigenvalue weighted by Crippen LogP contribution is -2.39. The SMILES string of the molecule is NC(=O)N1CC[C@@]2(CCCOC2)C1. The second-order valence-electron chi connectivity index (χ2n) is 4.17.